The lowest BCUT2D eigenvalue weighted by atomic mass is 9.97. The van der Waals surface area contributed by atoms with Gasteiger partial charge in [-0.05, 0) is 74.2 Å². The number of amides is 2. The number of fused-ring (bicyclic) bond motifs is 1. The van der Waals surface area contributed by atoms with E-state index in [1.807, 2.05) is 6.92 Å². The first-order valence-corrected chi connectivity index (χ1v) is 12.9. The topological polar surface area (TPSA) is 96.0 Å². The zero-order valence-electron chi connectivity index (χ0n) is 19.7. The molecule has 2 aromatic rings. The molecule has 1 unspecified atom stereocenters. The van der Waals surface area contributed by atoms with Crippen molar-refractivity contribution >= 4 is 33.2 Å². The van der Waals surface area contributed by atoms with Crippen LogP contribution in [0.2, 0.25) is 0 Å². The molecule has 12 heteroatoms. The molecule has 36 heavy (non-hydrogen) atoms. The summed E-state index contributed by atoms with van der Waals surface area (Å²) in [4.78, 5) is 26.4. The predicted octanol–water partition coefficient (Wildman–Crippen LogP) is 3.92. The lowest BCUT2D eigenvalue weighted by Crippen LogP contribution is -2.41. The molecule has 2 amide bonds. The van der Waals surface area contributed by atoms with Gasteiger partial charge in [0.1, 0.15) is 5.75 Å². The van der Waals surface area contributed by atoms with Crippen molar-refractivity contribution in [1.82, 2.24) is 4.31 Å². The average Bonchev–Trinajstić information content (AvgIpc) is 3.14. The minimum absolute atomic E-state index is 0.0434. The molecule has 1 atom stereocenters. The number of nitrogens with one attached hydrogen (secondary N) is 1. The van der Waals surface area contributed by atoms with Crippen molar-refractivity contribution in [2.24, 2.45) is 5.92 Å². The number of anilines is 2. The maximum atomic E-state index is 13.2. The molecule has 2 aromatic carbocycles. The molecule has 0 bridgehead atoms. The maximum Gasteiger partial charge on any atom is 0.573 e. The van der Waals surface area contributed by atoms with E-state index in [1.165, 1.54) is 29.4 Å². The zero-order chi connectivity index (χ0) is 26.3. The molecule has 2 heterocycles. The Morgan fingerprint density at radius 1 is 1.06 bits per heavy atom. The van der Waals surface area contributed by atoms with E-state index >= 15 is 0 Å². The van der Waals surface area contributed by atoms with Crippen LogP contribution in [0.1, 0.15) is 32.3 Å². The lowest BCUT2D eigenvalue weighted by molar-refractivity contribution is -0.274. The van der Waals surface area contributed by atoms with Gasteiger partial charge in [0.25, 0.3) is 0 Å². The number of rotatable bonds is 5. The number of carbonyl (C=O) groups is 2. The van der Waals surface area contributed by atoms with Crippen LogP contribution in [0, 0.1) is 5.92 Å². The molecule has 4 rings (SSSR count). The van der Waals surface area contributed by atoms with Crippen LogP contribution in [0.5, 0.6) is 5.75 Å². The Balaban J connectivity index is 1.36. The first-order valence-electron chi connectivity index (χ1n) is 11.4. The van der Waals surface area contributed by atoms with Crippen molar-refractivity contribution < 1.29 is 35.9 Å². The number of ether oxygens (including phenoxy) is 1. The van der Waals surface area contributed by atoms with Crippen LogP contribution in [-0.2, 0) is 26.0 Å². The van der Waals surface area contributed by atoms with E-state index in [4.69, 9.17) is 0 Å². The number of hydrogen-bond donors (Lipinski definition) is 1. The van der Waals surface area contributed by atoms with E-state index in [0.717, 1.165) is 23.4 Å². The van der Waals surface area contributed by atoms with E-state index in [0.29, 0.717) is 24.9 Å². The third kappa shape index (κ3) is 5.49. The van der Waals surface area contributed by atoms with E-state index in [2.05, 4.69) is 10.1 Å². The highest BCUT2D eigenvalue weighted by molar-refractivity contribution is 7.89. The summed E-state index contributed by atoms with van der Waals surface area (Å²) in [5.74, 6) is -1.25. The number of benzene rings is 2. The van der Waals surface area contributed by atoms with Gasteiger partial charge >= 0.3 is 6.36 Å². The van der Waals surface area contributed by atoms with Crippen molar-refractivity contribution in [2.75, 3.05) is 23.3 Å². The van der Waals surface area contributed by atoms with Crippen molar-refractivity contribution in [3.63, 3.8) is 0 Å². The Morgan fingerprint density at radius 2 is 1.69 bits per heavy atom. The second-order valence-electron chi connectivity index (χ2n) is 8.97. The monoisotopic (exact) mass is 525 g/mol. The minimum Gasteiger partial charge on any atom is -0.406 e. The fraction of sp³-hybridized carbons (Fsp3) is 0.417. The van der Waals surface area contributed by atoms with Crippen LogP contribution in [0.3, 0.4) is 0 Å². The largest absolute Gasteiger partial charge is 0.573 e. The second-order valence-corrected chi connectivity index (χ2v) is 10.9. The summed E-state index contributed by atoms with van der Waals surface area (Å²) >= 11 is 0. The predicted molar refractivity (Wildman–Crippen MR) is 126 cm³/mol. The number of nitrogens with zero attached hydrogens (tertiary/aromatic N) is 2. The molecule has 0 radical (unpaired) electrons. The van der Waals surface area contributed by atoms with Crippen molar-refractivity contribution in [1.29, 1.82) is 0 Å². The average molecular weight is 526 g/mol. The van der Waals surface area contributed by atoms with Crippen LogP contribution in [0.25, 0.3) is 0 Å². The van der Waals surface area contributed by atoms with Gasteiger partial charge in [-0.25, -0.2) is 8.42 Å². The van der Waals surface area contributed by atoms with Crippen molar-refractivity contribution in [2.45, 2.75) is 50.4 Å². The van der Waals surface area contributed by atoms with Gasteiger partial charge in [0.2, 0.25) is 21.8 Å². The Morgan fingerprint density at radius 3 is 2.28 bits per heavy atom. The van der Waals surface area contributed by atoms with Crippen LogP contribution in [0.15, 0.2) is 47.4 Å². The summed E-state index contributed by atoms with van der Waals surface area (Å²) < 4.78 is 68.5. The Kier molecular flexibility index (Phi) is 7.02. The summed E-state index contributed by atoms with van der Waals surface area (Å²) in [6.45, 7) is 3.71. The zero-order valence-corrected chi connectivity index (χ0v) is 20.5. The molecule has 2 aliphatic rings. The van der Waals surface area contributed by atoms with Gasteiger partial charge in [0, 0.05) is 43.3 Å². The number of piperidine rings is 1. The fourth-order valence-corrected chi connectivity index (χ4v) is 6.26. The molecular formula is C24H26F3N3O5S. The molecule has 0 spiro atoms. The van der Waals surface area contributed by atoms with E-state index in [1.54, 1.807) is 17.0 Å². The number of hydrogen-bond acceptors (Lipinski definition) is 5. The molecule has 0 aromatic heterocycles. The molecule has 8 nitrogen and oxygen atoms in total. The van der Waals surface area contributed by atoms with Crippen LogP contribution in [0.4, 0.5) is 24.5 Å². The molecule has 0 saturated carbocycles. The summed E-state index contributed by atoms with van der Waals surface area (Å²) in [5.41, 5.74) is 1.85. The fourth-order valence-electron chi connectivity index (χ4n) is 4.74. The van der Waals surface area contributed by atoms with Gasteiger partial charge in [0.15, 0.2) is 0 Å². The SMILES string of the molecule is CC(=O)N1c2ccc(S(=O)(=O)N3CCC(C(=O)Nc4ccc(OC(F)(F)F)cc4)CC3)cc2CC1C. The van der Waals surface area contributed by atoms with Crippen molar-refractivity contribution in [3.05, 3.63) is 48.0 Å². The van der Waals surface area contributed by atoms with Gasteiger partial charge in [-0.15, -0.1) is 13.2 Å². The van der Waals surface area contributed by atoms with Gasteiger partial charge < -0.3 is 15.0 Å². The van der Waals surface area contributed by atoms with Crippen LogP contribution in [-0.4, -0.2) is 50.0 Å². The van der Waals surface area contributed by atoms with E-state index in [9.17, 15) is 31.2 Å². The number of halogens is 3. The number of alkyl halides is 3. The molecular weight excluding hydrogens is 499 g/mol. The van der Waals surface area contributed by atoms with Gasteiger partial charge in [0.05, 0.1) is 4.90 Å². The third-order valence-corrected chi connectivity index (χ3v) is 8.32. The summed E-state index contributed by atoms with van der Waals surface area (Å²) in [7, 11) is -3.77. The highest BCUT2D eigenvalue weighted by Crippen LogP contribution is 2.35. The van der Waals surface area contributed by atoms with Gasteiger partial charge in [-0.2, -0.15) is 4.31 Å². The number of carbonyl (C=O) groups excluding carboxylic acids is 2. The molecule has 1 N–H and O–H groups in total. The maximum absolute atomic E-state index is 13.2. The smallest absolute Gasteiger partial charge is 0.406 e. The van der Waals surface area contributed by atoms with Crippen molar-refractivity contribution in [3.8, 4) is 5.75 Å². The van der Waals surface area contributed by atoms with Gasteiger partial charge in [-0.1, -0.05) is 0 Å². The first kappa shape index (κ1) is 26.0. The quantitative estimate of drug-likeness (QED) is 0.639. The Bertz CT molecular complexity index is 1260. The van der Waals surface area contributed by atoms with Crippen LogP contribution >= 0.6 is 0 Å². The minimum atomic E-state index is -4.80. The highest BCUT2D eigenvalue weighted by Gasteiger charge is 2.35. The Hall–Kier alpha value is -3.12. The third-order valence-electron chi connectivity index (χ3n) is 6.42. The molecule has 2 aliphatic heterocycles. The molecule has 0 aliphatic carbocycles. The number of sulfonamides is 1. The summed E-state index contributed by atoms with van der Waals surface area (Å²) in [6, 6.07) is 9.57. The molecule has 1 fully saturated rings. The second kappa shape index (κ2) is 9.74. The van der Waals surface area contributed by atoms with E-state index < -0.39 is 28.1 Å². The highest BCUT2D eigenvalue weighted by atomic mass is 32.2. The van der Waals surface area contributed by atoms with E-state index in [-0.39, 0.29) is 35.8 Å². The normalized spacial score (nSPS) is 19.1. The first-order chi connectivity index (χ1) is 16.8. The molecule has 1 saturated heterocycles. The Labute approximate surface area is 207 Å². The van der Waals surface area contributed by atoms with Crippen LogP contribution < -0.4 is 15.0 Å². The standard InChI is InChI=1S/C24H26F3N3O5S/c1-15-13-18-14-21(7-8-22(18)30(15)16(2)31)36(33,34)29-11-9-17(10-12-29)23(32)28-19-3-5-20(6-4-19)35-24(25,26)27/h3-8,14-15,17H,9-13H2,1-2H3,(H,28,32). The van der Waals surface area contributed by atoms with Gasteiger partial charge in [-0.3, -0.25) is 9.59 Å². The summed E-state index contributed by atoms with van der Waals surface area (Å²) in [6.07, 6.45) is -3.61. The summed E-state index contributed by atoms with van der Waals surface area (Å²) in [5, 5.41) is 2.66. The molecule has 194 valence electrons. The lowest BCUT2D eigenvalue weighted by Gasteiger charge is -2.30.